The van der Waals surface area contributed by atoms with E-state index in [1.807, 2.05) is 6.08 Å². The molecule has 1 aromatic carbocycles. The predicted octanol–water partition coefficient (Wildman–Crippen LogP) is 1.22. The summed E-state index contributed by atoms with van der Waals surface area (Å²) >= 11 is 0. The standard InChI is InChI=1S/C15H16N2O5S/c1-10-12(8-16-14(18)9-22-15(16)19)7-11-5-3-4-6-13(11)17(10)23(2,20)21/h3-7,10H,8-9H2,1-2H3/t10-/m1/s1. The van der Waals surface area contributed by atoms with Gasteiger partial charge in [0.15, 0.2) is 6.61 Å². The topological polar surface area (TPSA) is 84.0 Å². The minimum atomic E-state index is -3.51. The first kappa shape index (κ1) is 15.5. The van der Waals surface area contributed by atoms with Crippen molar-refractivity contribution in [3.8, 4) is 0 Å². The number of sulfonamides is 1. The Labute approximate surface area is 134 Å². The van der Waals surface area contributed by atoms with E-state index in [1.165, 1.54) is 4.31 Å². The molecule has 0 aromatic heterocycles. The largest absolute Gasteiger partial charge is 0.439 e. The Morgan fingerprint density at radius 1 is 1.26 bits per heavy atom. The molecule has 2 aliphatic rings. The van der Waals surface area contributed by atoms with E-state index in [4.69, 9.17) is 4.74 Å². The van der Waals surface area contributed by atoms with Gasteiger partial charge in [-0.15, -0.1) is 0 Å². The molecule has 2 amide bonds. The molecule has 0 N–H and O–H groups in total. The van der Waals surface area contributed by atoms with Gasteiger partial charge < -0.3 is 4.74 Å². The lowest BCUT2D eigenvalue weighted by atomic mass is 9.98. The van der Waals surface area contributed by atoms with Crippen molar-refractivity contribution in [1.82, 2.24) is 4.90 Å². The summed E-state index contributed by atoms with van der Waals surface area (Å²) in [6.07, 6.45) is 2.26. The Morgan fingerprint density at radius 3 is 2.57 bits per heavy atom. The third kappa shape index (κ3) is 2.70. The highest BCUT2D eigenvalue weighted by molar-refractivity contribution is 7.92. The molecule has 0 radical (unpaired) electrons. The fraction of sp³-hybridized carbons (Fsp3) is 0.333. The summed E-state index contributed by atoms with van der Waals surface area (Å²) in [5.74, 6) is -0.423. The van der Waals surface area contributed by atoms with Gasteiger partial charge >= 0.3 is 6.09 Å². The molecule has 0 saturated carbocycles. The number of hydrogen-bond donors (Lipinski definition) is 0. The van der Waals surface area contributed by atoms with Gasteiger partial charge in [-0.1, -0.05) is 18.2 Å². The van der Waals surface area contributed by atoms with Gasteiger partial charge in [0.2, 0.25) is 10.0 Å². The van der Waals surface area contributed by atoms with Gasteiger partial charge in [0.25, 0.3) is 5.91 Å². The average Bonchev–Trinajstić information content (AvgIpc) is 2.78. The quantitative estimate of drug-likeness (QED) is 0.828. The molecule has 0 unspecified atom stereocenters. The number of rotatable bonds is 3. The first-order chi connectivity index (χ1) is 10.8. The fourth-order valence-corrected chi connectivity index (χ4v) is 4.08. The maximum Gasteiger partial charge on any atom is 0.417 e. The van der Waals surface area contributed by atoms with Crippen molar-refractivity contribution in [1.29, 1.82) is 0 Å². The van der Waals surface area contributed by atoms with E-state index in [9.17, 15) is 18.0 Å². The van der Waals surface area contributed by atoms with Gasteiger partial charge in [-0.05, 0) is 30.2 Å². The monoisotopic (exact) mass is 336 g/mol. The molecule has 0 spiro atoms. The van der Waals surface area contributed by atoms with Crippen LogP contribution in [0.25, 0.3) is 6.08 Å². The minimum absolute atomic E-state index is 0.0131. The first-order valence-electron chi connectivity index (χ1n) is 7.05. The predicted molar refractivity (Wildman–Crippen MR) is 84.3 cm³/mol. The second kappa shape index (κ2) is 5.38. The molecule has 0 bridgehead atoms. The summed E-state index contributed by atoms with van der Waals surface area (Å²) in [5.41, 5.74) is 1.97. The van der Waals surface area contributed by atoms with Crippen molar-refractivity contribution < 1.29 is 22.7 Å². The summed E-state index contributed by atoms with van der Waals surface area (Å²) in [7, 11) is -3.51. The normalized spacial score (nSPS) is 21.1. The van der Waals surface area contributed by atoms with Crippen LogP contribution >= 0.6 is 0 Å². The fourth-order valence-electron chi connectivity index (χ4n) is 2.85. The molecule has 2 aliphatic heterocycles. The van der Waals surface area contributed by atoms with Crippen LogP contribution in [0.5, 0.6) is 0 Å². The second-order valence-electron chi connectivity index (χ2n) is 5.55. The summed E-state index contributed by atoms with van der Waals surface area (Å²) in [4.78, 5) is 24.3. The highest BCUT2D eigenvalue weighted by Gasteiger charge is 2.36. The van der Waals surface area contributed by atoms with E-state index in [-0.39, 0.29) is 13.2 Å². The molecule has 2 heterocycles. The Kier molecular flexibility index (Phi) is 3.63. The third-order valence-electron chi connectivity index (χ3n) is 3.94. The molecule has 1 atom stereocenters. The number of ether oxygens (including phenoxy) is 1. The molecule has 1 fully saturated rings. The maximum atomic E-state index is 12.2. The Balaban J connectivity index is 2.03. The van der Waals surface area contributed by atoms with E-state index in [1.54, 1.807) is 31.2 Å². The molecule has 7 nitrogen and oxygen atoms in total. The van der Waals surface area contributed by atoms with E-state index in [2.05, 4.69) is 0 Å². The number of benzene rings is 1. The number of hydrogen-bond acceptors (Lipinski definition) is 5. The lowest BCUT2D eigenvalue weighted by Crippen LogP contribution is -2.44. The Bertz CT molecular complexity index is 799. The molecule has 8 heteroatoms. The minimum Gasteiger partial charge on any atom is -0.439 e. The molecule has 1 aromatic rings. The number of anilines is 1. The first-order valence-corrected chi connectivity index (χ1v) is 8.90. The number of nitrogens with zero attached hydrogens (tertiary/aromatic N) is 2. The zero-order valence-corrected chi connectivity index (χ0v) is 13.5. The number of fused-ring (bicyclic) bond motifs is 1. The molecular weight excluding hydrogens is 320 g/mol. The van der Waals surface area contributed by atoms with E-state index >= 15 is 0 Å². The molecule has 122 valence electrons. The zero-order chi connectivity index (χ0) is 16.8. The van der Waals surface area contributed by atoms with Crippen molar-refractivity contribution in [3.63, 3.8) is 0 Å². The lowest BCUT2D eigenvalue weighted by molar-refractivity contribution is -0.125. The number of carbonyl (C=O) groups excluding carboxylic acids is 2. The van der Waals surface area contributed by atoms with Crippen molar-refractivity contribution in [2.75, 3.05) is 23.7 Å². The third-order valence-corrected chi connectivity index (χ3v) is 5.17. The van der Waals surface area contributed by atoms with Crippen molar-refractivity contribution in [2.24, 2.45) is 0 Å². The van der Waals surface area contributed by atoms with Crippen molar-refractivity contribution >= 4 is 33.8 Å². The Hall–Kier alpha value is -2.35. The number of imide groups is 1. The lowest BCUT2D eigenvalue weighted by Gasteiger charge is -2.36. The van der Waals surface area contributed by atoms with Gasteiger partial charge in [-0.2, -0.15) is 0 Å². The molecule has 3 rings (SSSR count). The van der Waals surface area contributed by atoms with Gasteiger partial charge in [0.1, 0.15) is 0 Å². The van der Waals surface area contributed by atoms with E-state index < -0.39 is 28.1 Å². The number of cyclic esters (lactones) is 1. The van der Waals surface area contributed by atoms with Crippen LogP contribution in [0.2, 0.25) is 0 Å². The van der Waals surface area contributed by atoms with Gasteiger partial charge in [-0.3, -0.25) is 9.10 Å². The van der Waals surface area contributed by atoms with E-state index in [0.29, 0.717) is 11.3 Å². The maximum absolute atomic E-state index is 12.2. The van der Waals surface area contributed by atoms with Gasteiger partial charge in [0, 0.05) is 0 Å². The Morgan fingerprint density at radius 2 is 1.96 bits per heavy atom. The highest BCUT2D eigenvalue weighted by Crippen LogP contribution is 2.34. The van der Waals surface area contributed by atoms with Crippen LogP contribution in [0, 0.1) is 0 Å². The molecular formula is C15H16N2O5S. The van der Waals surface area contributed by atoms with Gasteiger partial charge in [-0.25, -0.2) is 18.1 Å². The van der Waals surface area contributed by atoms with Crippen LogP contribution in [0.3, 0.4) is 0 Å². The highest BCUT2D eigenvalue weighted by atomic mass is 32.2. The van der Waals surface area contributed by atoms with Crippen LogP contribution in [-0.4, -0.2) is 50.8 Å². The molecule has 0 aliphatic carbocycles. The van der Waals surface area contributed by atoms with Crippen LogP contribution in [0.15, 0.2) is 29.8 Å². The van der Waals surface area contributed by atoms with Crippen molar-refractivity contribution in [3.05, 3.63) is 35.4 Å². The zero-order valence-electron chi connectivity index (χ0n) is 12.7. The summed E-state index contributed by atoms with van der Waals surface area (Å²) in [5, 5.41) is 0. The van der Waals surface area contributed by atoms with Gasteiger partial charge in [0.05, 0.1) is 24.5 Å². The number of carbonyl (C=O) groups is 2. The van der Waals surface area contributed by atoms with Crippen LogP contribution in [-0.2, 0) is 19.6 Å². The summed E-state index contributed by atoms with van der Waals surface area (Å²) in [6.45, 7) is 1.47. The number of amides is 2. The average molecular weight is 336 g/mol. The van der Waals surface area contributed by atoms with Crippen LogP contribution in [0.4, 0.5) is 10.5 Å². The second-order valence-corrected chi connectivity index (χ2v) is 7.41. The van der Waals surface area contributed by atoms with Crippen LogP contribution < -0.4 is 4.31 Å². The molecule has 23 heavy (non-hydrogen) atoms. The number of para-hydroxylation sites is 1. The van der Waals surface area contributed by atoms with E-state index in [0.717, 1.165) is 16.7 Å². The van der Waals surface area contributed by atoms with Crippen molar-refractivity contribution in [2.45, 2.75) is 13.0 Å². The summed E-state index contributed by atoms with van der Waals surface area (Å²) < 4.78 is 30.4. The summed E-state index contributed by atoms with van der Waals surface area (Å²) in [6, 6.07) is 6.60. The molecule has 1 saturated heterocycles. The van der Waals surface area contributed by atoms with Crippen LogP contribution in [0.1, 0.15) is 12.5 Å². The SMILES string of the molecule is C[C@@H]1C(CN2C(=O)COC2=O)=Cc2ccccc2N1S(C)(=O)=O. The smallest absolute Gasteiger partial charge is 0.417 e.